The van der Waals surface area contributed by atoms with E-state index in [1.54, 1.807) is 0 Å². The first-order valence-electron chi connectivity index (χ1n) is 7.55. The van der Waals surface area contributed by atoms with Crippen LogP contribution >= 0.6 is 0 Å². The molecular formula is C17H27NO. The van der Waals surface area contributed by atoms with Crippen molar-refractivity contribution in [2.24, 2.45) is 11.8 Å². The van der Waals surface area contributed by atoms with E-state index in [2.05, 4.69) is 50.4 Å². The molecule has 0 radical (unpaired) electrons. The molecule has 0 bridgehead atoms. The fraction of sp³-hybridized carbons (Fsp3) is 0.647. The third kappa shape index (κ3) is 4.63. The molecule has 1 aliphatic heterocycles. The van der Waals surface area contributed by atoms with Crippen molar-refractivity contribution in [1.29, 1.82) is 0 Å². The summed E-state index contributed by atoms with van der Waals surface area (Å²) in [5.74, 6) is 1.41. The van der Waals surface area contributed by atoms with Crippen molar-refractivity contribution in [1.82, 2.24) is 5.32 Å². The molecule has 0 spiro atoms. The highest BCUT2D eigenvalue weighted by atomic mass is 16.5. The summed E-state index contributed by atoms with van der Waals surface area (Å²) < 4.78 is 5.58. The first-order chi connectivity index (χ1) is 9.15. The fourth-order valence-electron chi connectivity index (χ4n) is 2.71. The van der Waals surface area contributed by atoms with Crippen molar-refractivity contribution in [3.05, 3.63) is 35.4 Å². The summed E-state index contributed by atoms with van der Waals surface area (Å²) in [5, 5.41) is 3.55. The average Bonchev–Trinajstić information content (AvgIpc) is 2.77. The SMILES string of the molecule is CC(C)Cc1ccc(CNCC2CCOC2C)cc1. The van der Waals surface area contributed by atoms with Crippen LogP contribution in [-0.2, 0) is 17.7 Å². The second-order valence-electron chi connectivity index (χ2n) is 6.17. The molecule has 0 saturated carbocycles. The smallest absolute Gasteiger partial charge is 0.0588 e. The lowest BCUT2D eigenvalue weighted by molar-refractivity contribution is 0.105. The van der Waals surface area contributed by atoms with Gasteiger partial charge < -0.3 is 10.1 Å². The zero-order valence-electron chi connectivity index (χ0n) is 12.5. The van der Waals surface area contributed by atoms with Gasteiger partial charge in [-0.15, -0.1) is 0 Å². The molecule has 1 fully saturated rings. The van der Waals surface area contributed by atoms with Gasteiger partial charge in [0, 0.05) is 19.7 Å². The van der Waals surface area contributed by atoms with Gasteiger partial charge in [0.25, 0.3) is 0 Å². The van der Waals surface area contributed by atoms with Crippen LogP contribution in [0.1, 0.15) is 38.3 Å². The van der Waals surface area contributed by atoms with Gasteiger partial charge >= 0.3 is 0 Å². The number of hydrogen-bond acceptors (Lipinski definition) is 2. The van der Waals surface area contributed by atoms with Crippen LogP contribution in [0.2, 0.25) is 0 Å². The Kier molecular flexibility index (Phi) is 5.41. The lowest BCUT2D eigenvalue weighted by Crippen LogP contribution is -2.26. The Bertz CT molecular complexity index is 371. The van der Waals surface area contributed by atoms with Crippen LogP contribution in [-0.4, -0.2) is 19.3 Å². The van der Waals surface area contributed by atoms with E-state index in [-0.39, 0.29) is 0 Å². The molecule has 0 aromatic heterocycles. The molecule has 1 aromatic carbocycles. The molecule has 1 aliphatic rings. The predicted molar refractivity (Wildman–Crippen MR) is 80.2 cm³/mol. The Morgan fingerprint density at radius 2 is 1.89 bits per heavy atom. The van der Waals surface area contributed by atoms with Gasteiger partial charge in [0.2, 0.25) is 0 Å². The molecule has 2 atom stereocenters. The third-order valence-electron chi connectivity index (χ3n) is 3.94. The quantitative estimate of drug-likeness (QED) is 0.847. The van der Waals surface area contributed by atoms with E-state index < -0.39 is 0 Å². The first kappa shape index (κ1) is 14.5. The number of hydrogen-bond donors (Lipinski definition) is 1. The second-order valence-corrected chi connectivity index (χ2v) is 6.17. The topological polar surface area (TPSA) is 21.3 Å². The predicted octanol–water partition coefficient (Wildman–Crippen LogP) is 3.40. The lowest BCUT2D eigenvalue weighted by Gasteiger charge is -2.15. The average molecular weight is 261 g/mol. The number of ether oxygens (including phenoxy) is 1. The molecule has 1 heterocycles. The van der Waals surface area contributed by atoms with Gasteiger partial charge in [-0.05, 0) is 42.7 Å². The summed E-state index contributed by atoms with van der Waals surface area (Å²) in [4.78, 5) is 0. The minimum Gasteiger partial charge on any atom is -0.378 e. The van der Waals surface area contributed by atoms with Crippen LogP contribution in [0, 0.1) is 11.8 Å². The fourth-order valence-corrected chi connectivity index (χ4v) is 2.71. The maximum atomic E-state index is 5.58. The molecule has 0 amide bonds. The van der Waals surface area contributed by atoms with E-state index in [4.69, 9.17) is 4.74 Å². The van der Waals surface area contributed by atoms with Gasteiger partial charge in [0.05, 0.1) is 6.10 Å². The van der Waals surface area contributed by atoms with Crippen LogP contribution in [0.5, 0.6) is 0 Å². The maximum Gasteiger partial charge on any atom is 0.0588 e. The van der Waals surface area contributed by atoms with Crippen LogP contribution in [0.25, 0.3) is 0 Å². The van der Waals surface area contributed by atoms with Crippen molar-refractivity contribution >= 4 is 0 Å². The number of rotatable bonds is 6. The van der Waals surface area contributed by atoms with E-state index >= 15 is 0 Å². The molecule has 1 aromatic rings. The molecular weight excluding hydrogens is 234 g/mol. The number of benzene rings is 1. The molecule has 2 heteroatoms. The van der Waals surface area contributed by atoms with Gasteiger partial charge in [-0.2, -0.15) is 0 Å². The van der Waals surface area contributed by atoms with Gasteiger partial charge in [-0.1, -0.05) is 38.1 Å². The number of nitrogens with one attached hydrogen (secondary N) is 1. The van der Waals surface area contributed by atoms with E-state index in [1.807, 2.05) is 0 Å². The molecule has 2 unspecified atom stereocenters. The monoisotopic (exact) mass is 261 g/mol. The highest BCUT2D eigenvalue weighted by Crippen LogP contribution is 2.19. The van der Waals surface area contributed by atoms with E-state index in [1.165, 1.54) is 24.0 Å². The van der Waals surface area contributed by atoms with E-state index in [0.29, 0.717) is 12.0 Å². The van der Waals surface area contributed by atoms with Gasteiger partial charge in [-0.3, -0.25) is 0 Å². The molecule has 19 heavy (non-hydrogen) atoms. The Balaban J connectivity index is 1.73. The summed E-state index contributed by atoms with van der Waals surface area (Å²) in [6.07, 6.45) is 2.78. The van der Waals surface area contributed by atoms with Crippen molar-refractivity contribution in [2.45, 2.75) is 46.3 Å². The highest BCUT2D eigenvalue weighted by Gasteiger charge is 2.23. The van der Waals surface area contributed by atoms with Crippen LogP contribution in [0.15, 0.2) is 24.3 Å². The summed E-state index contributed by atoms with van der Waals surface area (Å²) in [7, 11) is 0. The minimum atomic E-state index is 0.418. The van der Waals surface area contributed by atoms with Gasteiger partial charge in [0.1, 0.15) is 0 Å². The van der Waals surface area contributed by atoms with Crippen molar-refractivity contribution in [2.75, 3.05) is 13.2 Å². The third-order valence-corrected chi connectivity index (χ3v) is 3.94. The van der Waals surface area contributed by atoms with Crippen molar-refractivity contribution < 1.29 is 4.74 Å². The molecule has 1 N–H and O–H groups in total. The van der Waals surface area contributed by atoms with Crippen LogP contribution < -0.4 is 5.32 Å². The summed E-state index contributed by atoms with van der Waals surface area (Å²) in [6, 6.07) is 9.02. The zero-order valence-corrected chi connectivity index (χ0v) is 12.5. The first-order valence-corrected chi connectivity index (χ1v) is 7.55. The summed E-state index contributed by atoms with van der Waals surface area (Å²) in [6.45, 7) is 9.66. The van der Waals surface area contributed by atoms with Gasteiger partial charge in [0.15, 0.2) is 0 Å². The van der Waals surface area contributed by atoms with Crippen molar-refractivity contribution in [3.8, 4) is 0 Å². The van der Waals surface area contributed by atoms with E-state index in [9.17, 15) is 0 Å². The van der Waals surface area contributed by atoms with Gasteiger partial charge in [-0.25, -0.2) is 0 Å². The lowest BCUT2D eigenvalue weighted by atomic mass is 10.0. The summed E-state index contributed by atoms with van der Waals surface area (Å²) >= 11 is 0. The molecule has 0 aliphatic carbocycles. The molecule has 2 rings (SSSR count). The standard InChI is InChI=1S/C17H27NO/c1-13(2)10-15-4-6-16(7-5-15)11-18-12-17-8-9-19-14(17)3/h4-7,13-14,17-18H,8-12H2,1-3H3. The largest absolute Gasteiger partial charge is 0.378 e. The zero-order chi connectivity index (χ0) is 13.7. The minimum absolute atomic E-state index is 0.418. The Labute approximate surface area is 117 Å². The normalized spacial score (nSPS) is 23.2. The molecule has 1 saturated heterocycles. The van der Waals surface area contributed by atoms with E-state index in [0.717, 1.165) is 25.6 Å². The van der Waals surface area contributed by atoms with Crippen LogP contribution in [0.4, 0.5) is 0 Å². The Hall–Kier alpha value is -0.860. The second kappa shape index (κ2) is 7.06. The molecule has 106 valence electrons. The Morgan fingerprint density at radius 3 is 2.47 bits per heavy atom. The maximum absolute atomic E-state index is 5.58. The van der Waals surface area contributed by atoms with Crippen LogP contribution in [0.3, 0.4) is 0 Å². The Morgan fingerprint density at radius 1 is 1.21 bits per heavy atom. The summed E-state index contributed by atoms with van der Waals surface area (Å²) in [5.41, 5.74) is 2.82. The van der Waals surface area contributed by atoms with Crippen molar-refractivity contribution in [3.63, 3.8) is 0 Å². The molecule has 2 nitrogen and oxygen atoms in total. The highest BCUT2D eigenvalue weighted by molar-refractivity contribution is 5.22.